The number of benzene rings is 8. The molecule has 8 aromatic rings. The lowest BCUT2D eigenvalue weighted by Crippen LogP contribution is -2.05. The molecular formula is C55H44Cl4O7. The van der Waals surface area contributed by atoms with Gasteiger partial charge in [-0.3, -0.25) is 0 Å². The summed E-state index contributed by atoms with van der Waals surface area (Å²) in [6.45, 7) is 2.11. The molecule has 8 aromatic carbocycles. The molecule has 0 aliphatic rings. The quantitative estimate of drug-likeness (QED) is 0.0711. The van der Waals surface area contributed by atoms with Gasteiger partial charge in [0.05, 0.1) is 0 Å². The van der Waals surface area contributed by atoms with E-state index in [0.717, 1.165) is 38.9 Å². The summed E-state index contributed by atoms with van der Waals surface area (Å²) < 4.78 is 43.9. The Kier molecular flexibility index (Phi) is 16.1. The van der Waals surface area contributed by atoms with E-state index in [1.54, 1.807) is 48.5 Å². The molecule has 0 saturated carbocycles. The third-order valence-electron chi connectivity index (χ3n) is 10.0. The fourth-order valence-corrected chi connectivity index (χ4v) is 7.30. The topological polar surface area (TPSA) is 64.6 Å². The van der Waals surface area contributed by atoms with E-state index in [4.69, 9.17) is 79.6 Å². The predicted octanol–water partition coefficient (Wildman–Crippen LogP) is 15.4. The van der Waals surface area contributed by atoms with E-state index in [2.05, 4.69) is 6.07 Å². The Bertz CT molecular complexity index is 2480. The average molecular weight is 959 g/mol. The van der Waals surface area contributed by atoms with Crippen LogP contribution in [-0.2, 0) is 46.2 Å². The van der Waals surface area contributed by atoms with Gasteiger partial charge >= 0.3 is 0 Å². The van der Waals surface area contributed by atoms with Crippen molar-refractivity contribution in [2.45, 2.75) is 46.2 Å². The zero-order valence-corrected chi connectivity index (χ0v) is 38.7. The maximum Gasteiger partial charge on any atom is 0.120 e. The van der Waals surface area contributed by atoms with Gasteiger partial charge in [0.1, 0.15) is 86.5 Å². The van der Waals surface area contributed by atoms with Crippen LogP contribution in [0.1, 0.15) is 38.9 Å². The first-order valence-corrected chi connectivity index (χ1v) is 22.6. The molecule has 0 N–H and O–H groups in total. The van der Waals surface area contributed by atoms with Crippen molar-refractivity contribution in [3.63, 3.8) is 0 Å². The molecule has 0 aliphatic carbocycles. The number of hydrogen-bond acceptors (Lipinski definition) is 7. The zero-order valence-electron chi connectivity index (χ0n) is 35.6. The van der Waals surface area contributed by atoms with E-state index < -0.39 is 0 Å². The second-order valence-corrected chi connectivity index (χ2v) is 17.0. The minimum Gasteiger partial charge on any atom is -0.489 e. The van der Waals surface area contributed by atoms with Crippen LogP contribution in [0.4, 0.5) is 0 Å². The molecule has 0 aliphatic heterocycles. The van der Waals surface area contributed by atoms with Crippen LogP contribution in [0, 0.1) is 0 Å². The molecule has 0 fully saturated rings. The van der Waals surface area contributed by atoms with Gasteiger partial charge < -0.3 is 33.2 Å². The lowest BCUT2D eigenvalue weighted by Gasteiger charge is -2.16. The van der Waals surface area contributed by atoms with Crippen molar-refractivity contribution in [3.05, 3.63) is 241 Å². The second-order valence-electron chi connectivity index (χ2n) is 15.3. The third kappa shape index (κ3) is 14.5. The molecule has 0 unspecified atom stereocenters. The number of hydrogen-bond donors (Lipinski definition) is 0. The van der Waals surface area contributed by atoms with E-state index in [1.807, 2.05) is 127 Å². The van der Waals surface area contributed by atoms with Crippen molar-refractivity contribution in [2.75, 3.05) is 0 Å². The lowest BCUT2D eigenvalue weighted by atomic mass is 10.1. The van der Waals surface area contributed by atoms with Crippen LogP contribution in [0.15, 0.2) is 182 Å². The molecule has 66 heavy (non-hydrogen) atoms. The van der Waals surface area contributed by atoms with Crippen LogP contribution < -0.4 is 33.2 Å². The smallest absolute Gasteiger partial charge is 0.120 e. The fraction of sp³-hybridized carbons (Fsp3) is 0.127. The standard InChI is InChI=1S/C55H44Cl4O7/c56-45-6-14-49(15-7-45)60-32-39-22-40(33-61-50-16-8-46(57)9-17-50)26-54(25-39)65-36-43-24-44(30-53(29-43)64-31-38-4-2-1-3-5-38)37-66-55-27-41(34-62-51-18-10-47(58)11-19-51)23-42(28-55)35-63-52-20-12-48(59)13-21-52/h1-30H,31-37H2. The average Bonchev–Trinajstić information content (AvgIpc) is 3.34. The first-order chi connectivity index (χ1) is 32.2. The van der Waals surface area contributed by atoms with E-state index in [-0.39, 0.29) is 13.2 Å². The number of rotatable bonds is 21. The summed E-state index contributed by atoms with van der Waals surface area (Å²) in [5.74, 6) is 4.80. The highest BCUT2D eigenvalue weighted by atomic mass is 35.5. The van der Waals surface area contributed by atoms with Crippen molar-refractivity contribution >= 4 is 46.4 Å². The molecule has 0 spiro atoms. The van der Waals surface area contributed by atoms with Gasteiger partial charge in [0.15, 0.2) is 0 Å². The van der Waals surface area contributed by atoms with Gasteiger partial charge in [0.25, 0.3) is 0 Å². The molecule has 334 valence electrons. The first-order valence-electron chi connectivity index (χ1n) is 21.1. The van der Waals surface area contributed by atoms with Gasteiger partial charge in [-0.05, 0) is 191 Å². The molecule has 8 rings (SSSR count). The van der Waals surface area contributed by atoms with Crippen LogP contribution in [-0.4, -0.2) is 0 Å². The Morgan fingerprint density at radius 3 is 0.667 bits per heavy atom. The maximum atomic E-state index is 6.53. The Morgan fingerprint density at radius 2 is 0.424 bits per heavy atom. The molecule has 0 heterocycles. The second kappa shape index (κ2) is 23.1. The van der Waals surface area contributed by atoms with Gasteiger partial charge in [-0.2, -0.15) is 0 Å². The van der Waals surface area contributed by atoms with Gasteiger partial charge in [0.2, 0.25) is 0 Å². The van der Waals surface area contributed by atoms with Crippen molar-refractivity contribution in [1.29, 1.82) is 0 Å². The van der Waals surface area contributed by atoms with E-state index >= 15 is 0 Å². The van der Waals surface area contributed by atoms with Gasteiger partial charge in [-0.15, -0.1) is 0 Å². The molecule has 11 heteroatoms. The van der Waals surface area contributed by atoms with Crippen LogP contribution in [0.2, 0.25) is 20.1 Å². The third-order valence-corrected chi connectivity index (χ3v) is 11.0. The zero-order chi connectivity index (χ0) is 45.5. The van der Waals surface area contributed by atoms with E-state index in [9.17, 15) is 0 Å². The van der Waals surface area contributed by atoms with Crippen molar-refractivity contribution in [3.8, 4) is 40.2 Å². The minimum atomic E-state index is 0.248. The molecule has 0 saturated heterocycles. The van der Waals surface area contributed by atoms with Crippen molar-refractivity contribution in [1.82, 2.24) is 0 Å². The predicted molar refractivity (Wildman–Crippen MR) is 262 cm³/mol. The summed E-state index contributed by atoms with van der Waals surface area (Å²) in [5.41, 5.74) is 6.46. The summed E-state index contributed by atoms with van der Waals surface area (Å²) in [4.78, 5) is 0. The first kappa shape index (κ1) is 46.1. The summed E-state index contributed by atoms with van der Waals surface area (Å²) in [6, 6.07) is 57.2. The van der Waals surface area contributed by atoms with Crippen LogP contribution in [0.25, 0.3) is 0 Å². The highest BCUT2D eigenvalue weighted by Crippen LogP contribution is 2.28. The van der Waals surface area contributed by atoms with E-state index in [0.29, 0.717) is 93.4 Å². The molecule has 0 amide bonds. The summed E-state index contributed by atoms with van der Waals surface area (Å²) in [5, 5.41) is 2.55. The summed E-state index contributed by atoms with van der Waals surface area (Å²) >= 11 is 24.5. The normalized spacial score (nSPS) is 10.8. The minimum absolute atomic E-state index is 0.248. The van der Waals surface area contributed by atoms with Crippen LogP contribution >= 0.6 is 46.4 Å². The highest BCUT2D eigenvalue weighted by Gasteiger charge is 2.11. The Labute approximate surface area is 404 Å². The SMILES string of the molecule is Clc1ccc(OCc2cc(COc3ccc(Cl)cc3)cc(OCc3cc(COc4cc(COc5ccc(Cl)cc5)cc(COc5ccc(Cl)cc5)c4)cc(OCc4ccccc4)c3)c2)cc1. The molecular weight excluding hydrogens is 914 g/mol. The van der Waals surface area contributed by atoms with Crippen molar-refractivity contribution in [2.24, 2.45) is 0 Å². The Morgan fingerprint density at radius 1 is 0.212 bits per heavy atom. The molecule has 0 aromatic heterocycles. The summed E-state index contributed by atoms with van der Waals surface area (Å²) in [6.07, 6.45) is 0. The Balaban J connectivity index is 1.01. The number of halogens is 4. The van der Waals surface area contributed by atoms with Crippen LogP contribution in [0.5, 0.6) is 40.2 Å². The molecule has 0 radical (unpaired) electrons. The lowest BCUT2D eigenvalue weighted by molar-refractivity contribution is 0.281. The Hall–Kier alpha value is -6.48. The van der Waals surface area contributed by atoms with Gasteiger partial charge in [0, 0.05) is 20.1 Å². The monoisotopic (exact) mass is 956 g/mol. The van der Waals surface area contributed by atoms with Crippen LogP contribution in [0.3, 0.4) is 0 Å². The summed E-state index contributed by atoms with van der Waals surface area (Å²) in [7, 11) is 0. The molecule has 7 nitrogen and oxygen atoms in total. The van der Waals surface area contributed by atoms with Gasteiger partial charge in [-0.1, -0.05) is 76.7 Å². The van der Waals surface area contributed by atoms with E-state index in [1.165, 1.54) is 0 Å². The van der Waals surface area contributed by atoms with Gasteiger partial charge in [-0.25, -0.2) is 0 Å². The highest BCUT2D eigenvalue weighted by molar-refractivity contribution is 6.31. The number of ether oxygens (including phenoxy) is 7. The maximum absolute atomic E-state index is 6.53. The molecule has 0 bridgehead atoms. The fourth-order valence-electron chi connectivity index (χ4n) is 6.80. The largest absolute Gasteiger partial charge is 0.489 e. The van der Waals surface area contributed by atoms with Crippen molar-refractivity contribution < 1.29 is 33.2 Å². The molecule has 0 atom stereocenters.